The largest absolute Gasteiger partial charge is 0.378 e. The Morgan fingerprint density at radius 2 is 2.00 bits per heavy atom. The van der Waals surface area contributed by atoms with Gasteiger partial charge < -0.3 is 10.5 Å². The van der Waals surface area contributed by atoms with E-state index >= 15 is 0 Å². The average molecular weight is 225 g/mol. The zero-order valence-corrected chi connectivity index (χ0v) is 10.7. The normalized spacial score (nSPS) is 37.5. The smallest absolute Gasteiger partial charge is 0.0590 e. The third kappa shape index (κ3) is 2.98. The molecule has 2 heteroatoms. The van der Waals surface area contributed by atoms with Gasteiger partial charge in [-0.2, -0.15) is 0 Å². The molecule has 0 amide bonds. The summed E-state index contributed by atoms with van der Waals surface area (Å²) in [6, 6.07) is 0.383. The Morgan fingerprint density at radius 3 is 2.69 bits per heavy atom. The summed E-state index contributed by atoms with van der Waals surface area (Å²) >= 11 is 0. The number of ether oxygens (including phenoxy) is 1. The van der Waals surface area contributed by atoms with E-state index < -0.39 is 0 Å². The van der Waals surface area contributed by atoms with Crippen molar-refractivity contribution in [3.05, 3.63) is 0 Å². The van der Waals surface area contributed by atoms with Crippen molar-refractivity contribution in [2.75, 3.05) is 6.61 Å². The van der Waals surface area contributed by atoms with Crippen molar-refractivity contribution >= 4 is 0 Å². The van der Waals surface area contributed by atoms with Gasteiger partial charge in [0, 0.05) is 12.6 Å². The van der Waals surface area contributed by atoms with Gasteiger partial charge in [0.25, 0.3) is 0 Å². The van der Waals surface area contributed by atoms with Crippen LogP contribution < -0.4 is 5.73 Å². The summed E-state index contributed by atoms with van der Waals surface area (Å²) in [4.78, 5) is 0. The summed E-state index contributed by atoms with van der Waals surface area (Å²) in [5.41, 5.74) is 6.41. The fourth-order valence-corrected chi connectivity index (χ4v) is 3.62. The summed E-state index contributed by atoms with van der Waals surface area (Å²) in [5, 5.41) is 0. The van der Waals surface area contributed by atoms with Crippen LogP contribution in [0.25, 0.3) is 0 Å². The van der Waals surface area contributed by atoms with Crippen LogP contribution in [0, 0.1) is 11.8 Å². The monoisotopic (exact) mass is 225 g/mol. The molecule has 1 aliphatic carbocycles. The predicted octanol–water partition coefficient (Wildman–Crippen LogP) is 3.10. The zero-order valence-electron chi connectivity index (χ0n) is 10.7. The first-order chi connectivity index (χ1) is 7.81. The minimum Gasteiger partial charge on any atom is -0.378 e. The molecule has 2 fully saturated rings. The van der Waals surface area contributed by atoms with Gasteiger partial charge in [-0.3, -0.25) is 0 Å². The molecule has 1 saturated heterocycles. The van der Waals surface area contributed by atoms with Crippen LogP contribution in [0.4, 0.5) is 0 Å². The van der Waals surface area contributed by atoms with Crippen molar-refractivity contribution in [3.8, 4) is 0 Å². The highest BCUT2D eigenvalue weighted by atomic mass is 16.5. The fourth-order valence-electron chi connectivity index (χ4n) is 3.62. The molecule has 2 aliphatic rings. The van der Waals surface area contributed by atoms with E-state index in [0.29, 0.717) is 12.1 Å². The van der Waals surface area contributed by atoms with Crippen molar-refractivity contribution in [3.63, 3.8) is 0 Å². The predicted molar refractivity (Wildman–Crippen MR) is 67.3 cm³/mol. The van der Waals surface area contributed by atoms with Gasteiger partial charge in [0.1, 0.15) is 0 Å². The van der Waals surface area contributed by atoms with E-state index in [1.165, 1.54) is 44.9 Å². The minimum absolute atomic E-state index is 0.383. The van der Waals surface area contributed by atoms with E-state index in [9.17, 15) is 0 Å². The molecule has 0 radical (unpaired) electrons. The minimum atomic E-state index is 0.383. The number of nitrogens with two attached hydrogens (primary N) is 1. The maximum atomic E-state index is 6.41. The van der Waals surface area contributed by atoms with Gasteiger partial charge in [0.2, 0.25) is 0 Å². The molecule has 0 aromatic rings. The summed E-state index contributed by atoms with van der Waals surface area (Å²) < 4.78 is 5.70. The lowest BCUT2D eigenvalue weighted by atomic mass is 9.73. The highest BCUT2D eigenvalue weighted by molar-refractivity contribution is 4.85. The van der Waals surface area contributed by atoms with Crippen molar-refractivity contribution in [2.24, 2.45) is 17.6 Å². The molecule has 0 aromatic carbocycles. The highest BCUT2D eigenvalue weighted by Crippen LogP contribution is 2.35. The average Bonchev–Trinajstić information content (AvgIpc) is 2.81. The molecular weight excluding hydrogens is 198 g/mol. The maximum Gasteiger partial charge on any atom is 0.0590 e. The molecule has 0 aromatic heterocycles. The van der Waals surface area contributed by atoms with E-state index in [2.05, 4.69) is 6.92 Å². The molecule has 94 valence electrons. The molecule has 0 spiro atoms. The molecule has 1 aliphatic heterocycles. The van der Waals surface area contributed by atoms with E-state index in [1.807, 2.05) is 0 Å². The van der Waals surface area contributed by atoms with Gasteiger partial charge in [0.15, 0.2) is 0 Å². The molecular formula is C14H27NO. The van der Waals surface area contributed by atoms with E-state index in [-0.39, 0.29) is 0 Å². The summed E-state index contributed by atoms with van der Waals surface area (Å²) in [5.74, 6) is 1.65. The maximum absolute atomic E-state index is 6.41. The van der Waals surface area contributed by atoms with Crippen LogP contribution >= 0.6 is 0 Å². The third-order valence-electron chi connectivity index (χ3n) is 4.60. The first-order valence-corrected chi connectivity index (χ1v) is 7.18. The first-order valence-electron chi connectivity index (χ1n) is 7.18. The molecule has 1 heterocycles. The van der Waals surface area contributed by atoms with E-state index in [0.717, 1.165) is 24.9 Å². The van der Waals surface area contributed by atoms with Crippen molar-refractivity contribution in [2.45, 2.75) is 70.4 Å². The standard InChI is InChI=1S/C14H27NO/c1-2-11-6-3-4-8-13(11)14(15)10-12-7-5-9-16-12/h11-14H,2-10,15H2,1H3. The Morgan fingerprint density at radius 1 is 1.19 bits per heavy atom. The number of hydrogen-bond donors (Lipinski definition) is 1. The lowest BCUT2D eigenvalue weighted by Crippen LogP contribution is -2.39. The van der Waals surface area contributed by atoms with Crippen LogP contribution in [0.2, 0.25) is 0 Å². The van der Waals surface area contributed by atoms with E-state index in [1.54, 1.807) is 0 Å². The molecule has 4 atom stereocenters. The lowest BCUT2D eigenvalue weighted by molar-refractivity contribution is 0.0803. The molecule has 2 nitrogen and oxygen atoms in total. The fraction of sp³-hybridized carbons (Fsp3) is 1.00. The lowest BCUT2D eigenvalue weighted by Gasteiger charge is -2.36. The Labute approximate surface area is 99.9 Å². The molecule has 2 N–H and O–H groups in total. The Kier molecular flexibility index (Phi) is 4.66. The Balaban J connectivity index is 1.83. The first kappa shape index (κ1) is 12.4. The second-order valence-electron chi connectivity index (χ2n) is 5.65. The van der Waals surface area contributed by atoms with Gasteiger partial charge in [0.05, 0.1) is 6.10 Å². The Bertz CT molecular complexity index is 201. The van der Waals surface area contributed by atoms with Gasteiger partial charge in [-0.05, 0) is 37.5 Å². The molecule has 2 rings (SSSR count). The molecule has 0 bridgehead atoms. The van der Waals surface area contributed by atoms with Crippen LogP contribution in [0.3, 0.4) is 0 Å². The van der Waals surface area contributed by atoms with Gasteiger partial charge in [-0.25, -0.2) is 0 Å². The molecule has 16 heavy (non-hydrogen) atoms. The number of hydrogen-bond acceptors (Lipinski definition) is 2. The van der Waals surface area contributed by atoms with Crippen LogP contribution in [0.15, 0.2) is 0 Å². The summed E-state index contributed by atoms with van der Waals surface area (Å²) in [6.45, 7) is 3.28. The Hall–Kier alpha value is -0.0800. The second kappa shape index (κ2) is 6.02. The second-order valence-corrected chi connectivity index (χ2v) is 5.65. The summed E-state index contributed by atoms with van der Waals surface area (Å²) in [6.07, 6.45) is 10.9. The zero-order chi connectivity index (χ0) is 11.4. The van der Waals surface area contributed by atoms with Gasteiger partial charge in [-0.1, -0.05) is 32.6 Å². The quantitative estimate of drug-likeness (QED) is 0.798. The van der Waals surface area contributed by atoms with Crippen molar-refractivity contribution in [1.82, 2.24) is 0 Å². The molecule has 1 saturated carbocycles. The third-order valence-corrected chi connectivity index (χ3v) is 4.60. The van der Waals surface area contributed by atoms with Crippen LogP contribution in [-0.4, -0.2) is 18.8 Å². The van der Waals surface area contributed by atoms with Crippen LogP contribution in [0.1, 0.15) is 58.3 Å². The molecule has 4 unspecified atom stereocenters. The summed E-state index contributed by atoms with van der Waals surface area (Å²) in [7, 11) is 0. The van der Waals surface area contributed by atoms with E-state index in [4.69, 9.17) is 10.5 Å². The van der Waals surface area contributed by atoms with Crippen molar-refractivity contribution in [1.29, 1.82) is 0 Å². The number of rotatable bonds is 4. The van der Waals surface area contributed by atoms with Crippen LogP contribution in [0.5, 0.6) is 0 Å². The topological polar surface area (TPSA) is 35.2 Å². The SMILES string of the molecule is CCC1CCCCC1C(N)CC1CCCO1. The van der Waals surface area contributed by atoms with Gasteiger partial charge in [-0.15, -0.1) is 0 Å². The van der Waals surface area contributed by atoms with Crippen LogP contribution in [-0.2, 0) is 4.74 Å². The van der Waals surface area contributed by atoms with Crippen molar-refractivity contribution < 1.29 is 4.74 Å². The highest BCUT2D eigenvalue weighted by Gasteiger charge is 2.30. The van der Waals surface area contributed by atoms with Gasteiger partial charge >= 0.3 is 0 Å².